The van der Waals surface area contributed by atoms with Crippen molar-refractivity contribution in [2.75, 3.05) is 13.1 Å². The molecule has 0 bridgehead atoms. The highest BCUT2D eigenvalue weighted by molar-refractivity contribution is 5.79. The summed E-state index contributed by atoms with van der Waals surface area (Å²) in [7, 11) is 0. The van der Waals surface area contributed by atoms with Crippen LogP contribution in [0, 0.1) is 11.8 Å². The quantitative estimate of drug-likeness (QED) is 0.833. The number of hydrogen-bond acceptors (Lipinski definition) is 2. The lowest BCUT2D eigenvalue weighted by Gasteiger charge is -2.47. The molecule has 1 heterocycles. The van der Waals surface area contributed by atoms with Crippen LogP contribution in [-0.4, -0.2) is 35.5 Å². The Hall–Kier alpha value is -0.570. The van der Waals surface area contributed by atoms with Gasteiger partial charge in [-0.2, -0.15) is 0 Å². The van der Waals surface area contributed by atoms with Crippen molar-refractivity contribution < 1.29 is 4.79 Å². The summed E-state index contributed by atoms with van der Waals surface area (Å²) in [5.41, 5.74) is 0.0513. The Morgan fingerprint density at radius 2 is 1.84 bits per heavy atom. The van der Waals surface area contributed by atoms with E-state index in [-0.39, 0.29) is 5.54 Å². The second kappa shape index (κ2) is 5.82. The summed E-state index contributed by atoms with van der Waals surface area (Å²) in [6.07, 6.45) is 5.99. The minimum atomic E-state index is 0.0513. The summed E-state index contributed by atoms with van der Waals surface area (Å²) in [6, 6.07) is 0.363. The number of hydrogen-bond donors (Lipinski definition) is 1. The number of nitrogens with zero attached hydrogens (tertiary/aromatic N) is 1. The molecule has 1 unspecified atom stereocenters. The zero-order chi connectivity index (χ0) is 14.0. The van der Waals surface area contributed by atoms with Gasteiger partial charge in [-0.1, -0.05) is 33.1 Å². The molecule has 1 aliphatic carbocycles. The van der Waals surface area contributed by atoms with Crippen molar-refractivity contribution >= 4 is 5.91 Å². The van der Waals surface area contributed by atoms with E-state index >= 15 is 0 Å². The average Bonchev–Trinajstić information content (AvgIpc) is 2.37. The molecule has 1 aliphatic heterocycles. The fraction of sp³-hybridized carbons (Fsp3) is 0.938. The molecule has 0 spiro atoms. The van der Waals surface area contributed by atoms with E-state index in [1.807, 2.05) is 0 Å². The lowest BCUT2D eigenvalue weighted by Crippen LogP contribution is -2.65. The Bertz CT molecular complexity index is 319. The Labute approximate surface area is 118 Å². The summed E-state index contributed by atoms with van der Waals surface area (Å²) < 4.78 is 0. The number of rotatable bonds is 2. The van der Waals surface area contributed by atoms with Crippen LogP contribution >= 0.6 is 0 Å². The first-order valence-electron chi connectivity index (χ1n) is 7.96. The van der Waals surface area contributed by atoms with E-state index < -0.39 is 0 Å². The summed E-state index contributed by atoms with van der Waals surface area (Å²) >= 11 is 0. The fourth-order valence-electron chi connectivity index (χ4n) is 3.51. The van der Waals surface area contributed by atoms with Crippen LogP contribution in [0.1, 0.15) is 59.8 Å². The molecule has 1 saturated carbocycles. The molecule has 0 aromatic rings. The van der Waals surface area contributed by atoms with Gasteiger partial charge in [0, 0.05) is 30.6 Å². The van der Waals surface area contributed by atoms with Gasteiger partial charge in [-0.05, 0) is 32.6 Å². The van der Waals surface area contributed by atoms with Crippen molar-refractivity contribution in [3.8, 4) is 0 Å². The Morgan fingerprint density at radius 3 is 2.42 bits per heavy atom. The number of carbonyl (C=O) groups excluding carboxylic acids is 1. The van der Waals surface area contributed by atoms with Crippen molar-refractivity contribution in [1.82, 2.24) is 10.2 Å². The smallest absolute Gasteiger partial charge is 0.226 e. The van der Waals surface area contributed by atoms with E-state index in [4.69, 9.17) is 0 Å². The first kappa shape index (κ1) is 14.8. The molecule has 1 saturated heterocycles. The normalized spacial score (nSPS) is 28.7. The predicted octanol–water partition coefficient (Wildman–Crippen LogP) is 2.80. The summed E-state index contributed by atoms with van der Waals surface area (Å²) in [5, 5.41) is 3.58. The van der Waals surface area contributed by atoms with Crippen molar-refractivity contribution in [3.63, 3.8) is 0 Å². The van der Waals surface area contributed by atoms with Gasteiger partial charge in [0.15, 0.2) is 0 Å². The zero-order valence-corrected chi connectivity index (χ0v) is 13.0. The maximum Gasteiger partial charge on any atom is 0.226 e. The fourth-order valence-corrected chi connectivity index (χ4v) is 3.51. The van der Waals surface area contributed by atoms with E-state index in [1.54, 1.807) is 0 Å². The average molecular weight is 266 g/mol. The Morgan fingerprint density at radius 1 is 1.21 bits per heavy atom. The predicted molar refractivity (Wildman–Crippen MR) is 79.0 cm³/mol. The molecule has 1 N–H and O–H groups in total. The summed E-state index contributed by atoms with van der Waals surface area (Å²) in [4.78, 5) is 15.0. The first-order valence-corrected chi connectivity index (χ1v) is 7.96. The maximum atomic E-state index is 12.9. The highest BCUT2D eigenvalue weighted by Crippen LogP contribution is 2.29. The largest absolute Gasteiger partial charge is 0.336 e. The van der Waals surface area contributed by atoms with Gasteiger partial charge >= 0.3 is 0 Å². The molecule has 1 amide bonds. The SMILES string of the molecule is CC(C)C1CNC(C)(C)CN1C(=O)C1CCCCC1. The second-order valence-corrected chi connectivity index (χ2v) is 7.38. The Kier molecular flexibility index (Phi) is 4.54. The minimum Gasteiger partial charge on any atom is -0.336 e. The molecule has 19 heavy (non-hydrogen) atoms. The second-order valence-electron chi connectivity index (χ2n) is 7.38. The van der Waals surface area contributed by atoms with E-state index in [9.17, 15) is 4.79 Å². The van der Waals surface area contributed by atoms with Crippen molar-refractivity contribution in [1.29, 1.82) is 0 Å². The molecule has 110 valence electrons. The van der Waals surface area contributed by atoms with E-state index in [0.29, 0.717) is 23.8 Å². The van der Waals surface area contributed by atoms with Gasteiger partial charge in [0.05, 0.1) is 0 Å². The van der Waals surface area contributed by atoms with Crippen LogP contribution in [0.3, 0.4) is 0 Å². The van der Waals surface area contributed by atoms with Gasteiger partial charge in [0.1, 0.15) is 0 Å². The number of nitrogens with one attached hydrogen (secondary N) is 1. The summed E-state index contributed by atoms with van der Waals surface area (Å²) in [5.74, 6) is 1.24. The third-order valence-corrected chi connectivity index (χ3v) is 4.76. The van der Waals surface area contributed by atoms with Crippen LogP contribution < -0.4 is 5.32 Å². The first-order chi connectivity index (χ1) is 8.91. The van der Waals surface area contributed by atoms with E-state index in [0.717, 1.165) is 25.9 Å². The number of carbonyl (C=O) groups is 1. The third kappa shape index (κ3) is 3.50. The molecule has 2 rings (SSSR count). The van der Waals surface area contributed by atoms with Crippen LogP contribution in [0.2, 0.25) is 0 Å². The lowest BCUT2D eigenvalue weighted by molar-refractivity contribution is -0.143. The van der Waals surface area contributed by atoms with Crippen LogP contribution in [0.25, 0.3) is 0 Å². The van der Waals surface area contributed by atoms with Crippen LogP contribution in [0.15, 0.2) is 0 Å². The van der Waals surface area contributed by atoms with E-state index in [2.05, 4.69) is 37.9 Å². The minimum absolute atomic E-state index is 0.0513. The standard InChI is InChI=1S/C16H30N2O/c1-12(2)14-10-17-16(3,4)11-18(14)15(19)13-8-6-5-7-9-13/h12-14,17H,5-11H2,1-4H3. The molecule has 3 nitrogen and oxygen atoms in total. The van der Waals surface area contributed by atoms with Crippen molar-refractivity contribution in [2.45, 2.75) is 71.4 Å². The molecular formula is C16H30N2O. The van der Waals surface area contributed by atoms with E-state index in [1.165, 1.54) is 19.3 Å². The molecule has 0 aromatic carbocycles. The monoisotopic (exact) mass is 266 g/mol. The highest BCUT2D eigenvalue weighted by atomic mass is 16.2. The van der Waals surface area contributed by atoms with Gasteiger partial charge in [-0.15, -0.1) is 0 Å². The molecular weight excluding hydrogens is 236 g/mol. The number of amides is 1. The molecule has 2 fully saturated rings. The third-order valence-electron chi connectivity index (χ3n) is 4.76. The van der Waals surface area contributed by atoms with Gasteiger partial charge in [-0.25, -0.2) is 0 Å². The molecule has 2 aliphatic rings. The maximum absolute atomic E-state index is 12.9. The summed E-state index contributed by atoms with van der Waals surface area (Å²) in [6.45, 7) is 10.6. The highest BCUT2D eigenvalue weighted by Gasteiger charge is 2.38. The van der Waals surface area contributed by atoms with Gasteiger partial charge in [-0.3, -0.25) is 4.79 Å². The van der Waals surface area contributed by atoms with Gasteiger partial charge < -0.3 is 10.2 Å². The molecule has 0 aromatic heterocycles. The van der Waals surface area contributed by atoms with Crippen molar-refractivity contribution in [3.05, 3.63) is 0 Å². The number of piperazine rings is 1. The van der Waals surface area contributed by atoms with Crippen molar-refractivity contribution in [2.24, 2.45) is 11.8 Å². The van der Waals surface area contributed by atoms with Gasteiger partial charge in [0.2, 0.25) is 5.91 Å². The molecule has 1 atom stereocenters. The van der Waals surface area contributed by atoms with Gasteiger partial charge in [0.25, 0.3) is 0 Å². The molecule has 3 heteroatoms. The van der Waals surface area contributed by atoms with Crippen LogP contribution in [0.4, 0.5) is 0 Å². The van der Waals surface area contributed by atoms with Crippen LogP contribution in [0.5, 0.6) is 0 Å². The Balaban J connectivity index is 2.09. The van der Waals surface area contributed by atoms with Crippen LogP contribution in [-0.2, 0) is 4.79 Å². The zero-order valence-electron chi connectivity index (χ0n) is 13.0. The lowest BCUT2D eigenvalue weighted by atomic mass is 9.85. The topological polar surface area (TPSA) is 32.3 Å². The molecule has 0 radical (unpaired) electrons.